The number of benzene rings is 2. The maximum absolute atomic E-state index is 12.7. The van der Waals surface area contributed by atoms with Crippen LogP contribution < -0.4 is 0 Å². The molecule has 1 atom stereocenters. The highest BCUT2D eigenvalue weighted by Gasteiger charge is 2.33. The SMILES string of the molecule is Cc1ccc(S(=O)(=O)N(C)[C@H](Cc2cc(Cl)cc(Cl)c2)C(=O)O)cc1. The molecular weight excluding hydrogens is 385 g/mol. The van der Waals surface area contributed by atoms with Gasteiger partial charge in [-0.2, -0.15) is 4.31 Å². The van der Waals surface area contributed by atoms with Crippen molar-refractivity contribution in [1.29, 1.82) is 0 Å². The lowest BCUT2D eigenvalue weighted by molar-refractivity contribution is -0.141. The van der Waals surface area contributed by atoms with Gasteiger partial charge in [-0.1, -0.05) is 40.9 Å². The summed E-state index contributed by atoms with van der Waals surface area (Å²) in [7, 11) is -2.70. The Morgan fingerprint density at radius 3 is 2.12 bits per heavy atom. The second kappa shape index (κ2) is 7.74. The maximum atomic E-state index is 12.7. The van der Waals surface area contributed by atoms with Gasteiger partial charge in [-0.05, 0) is 49.2 Å². The fourth-order valence-corrected chi connectivity index (χ4v) is 4.25. The molecule has 8 heteroatoms. The fourth-order valence-electron chi connectivity index (χ4n) is 2.37. The molecule has 0 unspecified atom stereocenters. The smallest absolute Gasteiger partial charge is 0.322 e. The summed E-state index contributed by atoms with van der Waals surface area (Å²) >= 11 is 11.9. The summed E-state index contributed by atoms with van der Waals surface area (Å²) in [6, 6.07) is 9.59. The standard InChI is InChI=1S/C17H17Cl2NO4S/c1-11-3-5-15(6-4-11)25(23,24)20(2)16(17(21)22)9-12-7-13(18)10-14(19)8-12/h3-8,10,16H,9H2,1-2H3,(H,21,22)/t16-/m1/s1. The topological polar surface area (TPSA) is 74.7 Å². The maximum Gasteiger partial charge on any atom is 0.322 e. The lowest BCUT2D eigenvalue weighted by Crippen LogP contribution is -2.43. The summed E-state index contributed by atoms with van der Waals surface area (Å²) in [5.41, 5.74) is 1.45. The highest BCUT2D eigenvalue weighted by atomic mass is 35.5. The molecule has 5 nitrogen and oxygen atoms in total. The molecule has 1 N–H and O–H groups in total. The van der Waals surface area contributed by atoms with Gasteiger partial charge in [0.25, 0.3) is 0 Å². The van der Waals surface area contributed by atoms with E-state index in [1.807, 2.05) is 6.92 Å². The van der Waals surface area contributed by atoms with Crippen molar-refractivity contribution >= 4 is 39.2 Å². The number of likely N-dealkylation sites (N-methyl/N-ethyl adjacent to an activating group) is 1. The summed E-state index contributed by atoms with van der Waals surface area (Å²) < 4.78 is 26.3. The van der Waals surface area contributed by atoms with Crippen molar-refractivity contribution in [2.24, 2.45) is 0 Å². The van der Waals surface area contributed by atoms with Crippen molar-refractivity contribution in [2.75, 3.05) is 7.05 Å². The Balaban J connectivity index is 2.35. The molecule has 0 aromatic heterocycles. The highest BCUT2D eigenvalue weighted by Crippen LogP contribution is 2.23. The van der Waals surface area contributed by atoms with Crippen molar-refractivity contribution in [3.8, 4) is 0 Å². The molecule has 2 aromatic carbocycles. The molecule has 0 radical (unpaired) electrons. The fraction of sp³-hybridized carbons (Fsp3) is 0.235. The van der Waals surface area contributed by atoms with E-state index in [1.54, 1.807) is 24.3 Å². The van der Waals surface area contributed by atoms with Crippen molar-refractivity contribution in [2.45, 2.75) is 24.3 Å². The second-order valence-corrected chi connectivity index (χ2v) is 8.54. The van der Waals surface area contributed by atoms with Gasteiger partial charge in [0.15, 0.2) is 0 Å². The van der Waals surface area contributed by atoms with Gasteiger partial charge in [0.2, 0.25) is 10.0 Å². The first-order chi connectivity index (χ1) is 11.6. The van der Waals surface area contributed by atoms with Crippen LogP contribution in [0, 0.1) is 6.92 Å². The van der Waals surface area contributed by atoms with Crippen LogP contribution in [0.3, 0.4) is 0 Å². The summed E-state index contributed by atoms with van der Waals surface area (Å²) in [6.07, 6.45) is -0.0583. The molecule has 0 amide bonds. The molecule has 0 spiro atoms. The Morgan fingerprint density at radius 2 is 1.64 bits per heavy atom. The van der Waals surface area contributed by atoms with E-state index < -0.39 is 22.0 Å². The predicted molar refractivity (Wildman–Crippen MR) is 97.7 cm³/mol. The summed E-state index contributed by atoms with van der Waals surface area (Å²) in [5, 5.41) is 10.2. The third kappa shape index (κ3) is 4.73. The number of hydrogen-bond donors (Lipinski definition) is 1. The van der Waals surface area contributed by atoms with E-state index in [0.29, 0.717) is 15.6 Å². The number of halogens is 2. The van der Waals surface area contributed by atoms with E-state index >= 15 is 0 Å². The van der Waals surface area contributed by atoms with Gasteiger partial charge in [0.1, 0.15) is 6.04 Å². The Hall–Kier alpha value is -1.60. The van der Waals surface area contributed by atoms with Gasteiger partial charge in [-0.15, -0.1) is 0 Å². The largest absolute Gasteiger partial charge is 0.480 e. The quantitative estimate of drug-likeness (QED) is 0.801. The minimum Gasteiger partial charge on any atom is -0.480 e. The molecule has 2 aromatic rings. The summed E-state index contributed by atoms with van der Waals surface area (Å²) in [5.74, 6) is -1.26. The lowest BCUT2D eigenvalue weighted by Gasteiger charge is -2.24. The number of hydrogen-bond acceptors (Lipinski definition) is 3. The van der Waals surface area contributed by atoms with E-state index in [4.69, 9.17) is 23.2 Å². The van der Waals surface area contributed by atoms with Crippen LogP contribution in [0.1, 0.15) is 11.1 Å². The van der Waals surface area contributed by atoms with Crippen LogP contribution in [0.25, 0.3) is 0 Å². The van der Waals surface area contributed by atoms with Gasteiger partial charge < -0.3 is 5.11 Å². The van der Waals surface area contributed by atoms with E-state index in [0.717, 1.165) is 9.87 Å². The average Bonchev–Trinajstić information content (AvgIpc) is 2.51. The van der Waals surface area contributed by atoms with Crippen LogP contribution in [0.5, 0.6) is 0 Å². The van der Waals surface area contributed by atoms with Gasteiger partial charge in [-0.3, -0.25) is 4.79 Å². The van der Waals surface area contributed by atoms with Crippen LogP contribution in [0.2, 0.25) is 10.0 Å². The zero-order chi connectivity index (χ0) is 18.8. The van der Waals surface area contributed by atoms with Crippen LogP contribution in [-0.4, -0.2) is 36.9 Å². The van der Waals surface area contributed by atoms with Crippen molar-refractivity contribution in [1.82, 2.24) is 4.31 Å². The molecule has 0 fully saturated rings. The molecule has 0 aliphatic carbocycles. The Labute approximate surface area is 156 Å². The monoisotopic (exact) mass is 401 g/mol. The average molecular weight is 402 g/mol. The highest BCUT2D eigenvalue weighted by molar-refractivity contribution is 7.89. The first-order valence-corrected chi connectivity index (χ1v) is 9.53. The summed E-state index contributed by atoms with van der Waals surface area (Å²) in [4.78, 5) is 11.7. The number of aryl methyl sites for hydroxylation is 1. The normalized spacial score (nSPS) is 13.0. The van der Waals surface area contributed by atoms with Gasteiger partial charge in [-0.25, -0.2) is 8.42 Å². The number of carboxylic acid groups (broad SMARTS) is 1. The zero-order valence-electron chi connectivity index (χ0n) is 13.6. The molecule has 0 aliphatic rings. The van der Waals surface area contributed by atoms with E-state index in [-0.39, 0.29) is 11.3 Å². The molecule has 0 aliphatic heterocycles. The van der Waals surface area contributed by atoms with Crippen LogP contribution in [0.15, 0.2) is 47.4 Å². The molecule has 2 rings (SSSR count). The summed E-state index contributed by atoms with van der Waals surface area (Å²) in [6.45, 7) is 1.84. The van der Waals surface area contributed by atoms with Crippen LogP contribution >= 0.6 is 23.2 Å². The molecule has 0 bridgehead atoms. The van der Waals surface area contributed by atoms with Crippen molar-refractivity contribution in [3.63, 3.8) is 0 Å². The number of carbonyl (C=O) groups is 1. The second-order valence-electron chi connectivity index (χ2n) is 5.67. The minimum absolute atomic E-state index is 0.0379. The van der Waals surface area contributed by atoms with Gasteiger partial charge >= 0.3 is 5.97 Å². The number of sulfonamides is 1. The van der Waals surface area contributed by atoms with E-state index in [2.05, 4.69) is 0 Å². The first-order valence-electron chi connectivity index (χ1n) is 7.34. The Bertz CT molecular complexity index is 862. The third-order valence-corrected chi connectivity index (χ3v) is 6.09. The molecule has 25 heavy (non-hydrogen) atoms. The van der Waals surface area contributed by atoms with Gasteiger partial charge in [0.05, 0.1) is 4.90 Å². The number of aliphatic carboxylic acids is 1. The van der Waals surface area contributed by atoms with Crippen LogP contribution in [0.4, 0.5) is 0 Å². The Morgan fingerprint density at radius 1 is 1.12 bits per heavy atom. The Kier molecular flexibility index (Phi) is 6.11. The van der Waals surface area contributed by atoms with Crippen LogP contribution in [-0.2, 0) is 21.2 Å². The third-order valence-electron chi connectivity index (χ3n) is 3.77. The minimum atomic E-state index is -3.95. The zero-order valence-corrected chi connectivity index (χ0v) is 15.9. The van der Waals surface area contributed by atoms with E-state index in [1.165, 1.54) is 25.2 Å². The van der Waals surface area contributed by atoms with Crippen molar-refractivity contribution in [3.05, 3.63) is 63.6 Å². The molecular formula is C17H17Cl2NO4S. The molecule has 134 valence electrons. The van der Waals surface area contributed by atoms with Gasteiger partial charge in [0, 0.05) is 17.1 Å². The number of nitrogens with zero attached hydrogens (tertiary/aromatic N) is 1. The van der Waals surface area contributed by atoms with Crippen molar-refractivity contribution < 1.29 is 18.3 Å². The number of carboxylic acids is 1. The molecule has 0 saturated carbocycles. The molecule has 0 saturated heterocycles. The molecule has 0 heterocycles. The van der Waals surface area contributed by atoms with E-state index in [9.17, 15) is 18.3 Å². The number of rotatable bonds is 6. The first kappa shape index (κ1) is 19.7. The predicted octanol–water partition coefficient (Wildman–Crippen LogP) is 3.62. The lowest BCUT2D eigenvalue weighted by atomic mass is 10.1.